The number of hydrogen-bond donors (Lipinski definition) is 1. The molecule has 0 saturated heterocycles. The fourth-order valence-electron chi connectivity index (χ4n) is 3.96. The van der Waals surface area contributed by atoms with Crippen LogP contribution in [0.3, 0.4) is 0 Å². The minimum Gasteiger partial charge on any atom is -0.454 e. The molecule has 3 aliphatic rings. The maximum absolute atomic E-state index is 5.45. The highest BCUT2D eigenvalue weighted by molar-refractivity contribution is 5.56. The maximum Gasteiger partial charge on any atom is 0.231 e. The van der Waals surface area contributed by atoms with Gasteiger partial charge in [0.2, 0.25) is 6.79 Å². The van der Waals surface area contributed by atoms with Crippen molar-refractivity contribution in [1.82, 2.24) is 0 Å². The van der Waals surface area contributed by atoms with E-state index in [4.69, 9.17) is 9.47 Å². The van der Waals surface area contributed by atoms with Crippen LogP contribution in [0.4, 0.5) is 5.69 Å². The average molecular weight is 259 g/mol. The Balaban J connectivity index is 1.49. The first kappa shape index (κ1) is 11.4. The van der Waals surface area contributed by atoms with E-state index in [1.54, 1.807) is 0 Å². The van der Waals surface area contributed by atoms with Gasteiger partial charge in [0.05, 0.1) is 0 Å². The Morgan fingerprint density at radius 1 is 1.00 bits per heavy atom. The molecule has 4 rings (SSSR count). The Morgan fingerprint density at radius 2 is 1.84 bits per heavy atom. The number of ether oxygens (including phenoxy) is 2. The first-order chi connectivity index (χ1) is 9.36. The van der Waals surface area contributed by atoms with Crippen molar-refractivity contribution in [3.05, 3.63) is 18.2 Å². The zero-order valence-corrected chi connectivity index (χ0v) is 11.3. The van der Waals surface area contributed by atoms with Gasteiger partial charge in [-0.2, -0.15) is 0 Å². The third-order valence-corrected chi connectivity index (χ3v) is 5.23. The predicted octanol–water partition coefficient (Wildman–Crippen LogP) is 3.94. The van der Waals surface area contributed by atoms with Gasteiger partial charge in [0.15, 0.2) is 11.5 Å². The van der Waals surface area contributed by atoms with Gasteiger partial charge in [-0.25, -0.2) is 0 Å². The first-order valence-corrected chi connectivity index (χ1v) is 7.52. The molecule has 0 amide bonds. The molecule has 0 radical (unpaired) electrons. The van der Waals surface area contributed by atoms with E-state index < -0.39 is 0 Å². The molecular weight excluding hydrogens is 238 g/mol. The van der Waals surface area contributed by atoms with Crippen LogP contribution in [0.1, 0.15) is 44.9 Å². The summed E-state index contributed by atoms with van der Waals surface area (Å²) in [6.45, 7) is 0.353. The van der Waals surface area contributed by atoms with E-state index in [0.717, 1.165) is 11.5 Å². The standard InChI is InChI=1S/C16H21NO2/c1-2-7-16(8-3-1)9-6-15(16)17-12-4-5-13-14(10-12)19-11-18-13/h4-5,10,15,17H,1-3,6-9,11H2. The Kier molecular flexibility index (Phi) is 2.61. The summed E-state index contributed by atoms with van der Waals surface area (Å²) in [5.41, 5.74) is 1.77. The second-order valence-electron chi connectivity index (χ2n) is 6.23. The number of hydrogen-bond acceptors (Lipinski definition) is 3. The van der Waals surface area contributed by atoms with Gasteiger partial charge in [0.1, 0.15) is 0 Å². The molecule has 1 atom stereocenters. The second-order valence-corrected chi connectivity index (χ2v) is 6.23. The molecule has 3 heteroatoms. The zero-order valence-electron chi connectivity index (χ0n) is 11.3. The van der Waals surface area contributed by atoms with Gasteiger partial charge in [0, 0.05) is 17.8 Å². The normalized spacial score (nSPS) is 27.1. The quantitative estimate of drug-likeness (QED) is 0.872. The minimum atomic E-state index is 0.353. The number of anilines is 1. The lowest BCUT2D eigenvalue weighted by molar-refractivity contribution is 0.0571. The van der Waals surface area contributed by atoms with Crippen molar-refractivity contribution in [1.29, 1.82) is 0 Å². The van der Waals surface area contributed by atoms with Gasteiger partial charge in [-0.15, -0.1) is 0 Å². The lowest BCUT2D eigenvalue weighted by Crippen LogP contribution is -2.50. The summed E-state index contributed by atoms with van der Waals surface area (Å²) in [6, 6.07) is 6.87. The van der Waals surface area contributed by atoms with Crippen LogP contribution < -0.4 is 14.8 Å². The van der Waals surface area contributed by atoms with E-state index in [2.05, 4.69) is 17.4 Å². The van der Waals surface area contributed by atoms with Gasteiger partial charge >= 0.3 is 0 Å². The molecule has 1 heterocycles. The van der Waals surface area contributed by atoms with Crippen molar-refractivity contribution < 1.29 is 9.47 Å². The van der Waals surface area contributed by atoms with Gasteiger partial charge in [-0.05, 0) is 43.2 Å². The van der Waals surface area contributed by atoms with Crippen LogP contribution in [-0.4, -0.2) is 12.8 Å². The van der Waals surface area contributed by atoms with Gasteiger partial charge in [0.25, 0.3) is 0 Å². The van der Waals surface area contributed by atoms with Crippen LogP contribution in [0.5, 0.6) is 11.5 Å². The van der Waals surface area contributed by atoms with E-state index >= 15 is 0 Å². The van der Waals surface area contributed by atoms with Crippen molar-refractivity contribution >= 4 is 5.69 Å². The average Bonchev–Trinajstić information content (AvgIpc) is 2.92. The molecule has 19 heavy (non-hydrogen) atoms. The Morgan fingerprint density at radius 3 is 2.63 bits per heavy atom. The summed E-state index contributed by atoms with van der Waals surface area (Å²) in [5.74, 6) is 1.74. The van der Waals surface area contributed by atoms with E-state index in [0.29, 0.717) is 18.2 Å². The van der Waals surface area contributed by atoms with Crippen LogP contribution >= 0.6 is 0 Å². The Labute approximate surface area is 114 Å². The fourth-order valence-corrected chi connectivity index (χ4v) is 3.96. The molecule has 1 aromatic rings. The van der Waals surface area contributed by atoms with E-state index in [9.17, 15) is 0 Å². The molecular formula is C16H21NO2. The van der Waals surface area contributed by atoms with Gasteiger partial charge in [-0.3, -0.25) is 0 Å². The zero-order chi connectivity index (χ0) is 12.7. The SMILES string of the molecule is c1cc2c(cc1NC1CCC13CCCCC3)OCO2. The largest absolute Gasteiger partial charge is 0.454 e. The summed E-state index contributed by atoms with van der Waals surface area (Å²) in [7, 11) is 0. The lowest BCUT2D eigenvalue weighted by atomic mass is 9.57. The summed E-state index contributed by atoms with van der Waals surface area (Å²) < 4.78 is 10.8. The van der Waals surface area contributed by atoms with E-state index in [1.807, 2.05) is 6.07 Å². The molecule has 1 N–H and O–H groups in total. The molecule has 0 aromatic heterocycles. The third-order valence-electron chi connectivity index (χ3n) is 5.23. The molecule has 1 spiro atoms. The highest BCUT2D eigenvalue weighted by Crippen LogP contribution is 2.52. The summed E-state index contributed by atoms with van der Waals surface area (Å²) >= 11 is 0. The molecule has 2 fully saturated rings. The van der Waals surface area contributed by atoms with Crippen LogP contribution in [0.25, 0.3) is 0 Å². The molecule has 1 aromatic carbocycles. The Hall–Kier alpha value is -1.38. The molecule has 2 aliphatic carbocycles. The topological polar surface area (TPSA) is 30.5 Å². The predicted molar refractivity (Wildman–Crippen MR) is 74.7 cm³/mol. The molecule has 1 aliphatic heterocycles. The van der Waals surface area contributed by atoms with E-state index in [-0.39, 0.29) is 0 Å². The summed E-state index contributed by atoms with van der Waals surface area (Å²) in [5, 5.41) is 3.73. The molecule has 2 saturated carbocycles. The van der Waals surface area contributed by atoms with Crippen molar-refractivity contribution in [2.24, 2.45) is 5.41 Å². The fraction of sp³-hybridized carbons (Fsp3) is 0.625. The van der Waals surface area contributed by atoms with Crippen LogP contribution in [-0.2, 0) is 0 Å². The third kappa shape index (κ3) is 1.87. The summed E-state index contributed by atoms with van der Waals surface area (Å²) in [6.07, 6.45) is 9.81. The van der Waals surface area contributed by atoms with Gasteiger partial charge < -0.3 is 14.8 Å². The highest BCUT2D eigenvalue weighted by atomic mass is 16.7. The lowest BCUT2D eigenvalue weighted by Gasteiger charge is -2.52. The van der Waals surface area contributed by atoms with Crippen LogP contribution in [0.2, 0.25) is 0 Å². The smallest absolute Gasteiger partial charge is 0.231 e. The van der Waals surface area contributed by atoms with Crippen molar-refractivity contribution in [2.75, 3.05) is 12.1 Å². The number of fused-ring (bicyclic) bond motifs is 1. The minimum absolute atomic E-state index is 0.353. The first-order valence-electron chi connectivity index (χ1n) is 7.52. The van der Waals surface area contributed by atoms with Crippen LogP contribution in [0.15, 0.2) is 18.2 Å². The van der Waals surface area contributed by atoms with Crippen molar-refractivity contribution in [3.8, 4) is 11.5 Å². The molecule has 102 valence electrons. The maximum atomic E-state index is 5.45. The molecule has 0 bridgehead atoms. The molecule has 3 nitrogen and oxygen atoms in total. The van der Waals surface area contributed by atoms with Crippen molar-refractivity contribution in [2.45, 2.75) is 51.0 Å². The summed E-state index contributed by atoms with van der Waals surface area (Å²) in [4.78, 5) is 0. The monoisotopic (exact) mass is 259 g/mol. The second kappa shape index (κ2) is 4.32. The number of nitrogens with one attached hydrogen (secondary N) is 1. The van der Waals surface area contributed by atoms with Gasteiger partial charge in [-0.1, -0.05) is 19.3 Å². The number of benzene rings is 1. The highest BCUT2D eigenvalue weighted by Gasteiger charge is 2.46. The van der Waals surface area contributed by atoms with E-state index in [1.165, 1.54) is 50.6 Å². The number of rotatable bonds is 2. The van der Waals surface area contributed by atoms with Crippen molar-refractivity contribution in [3.63, 3.8) is 0 Å². The molecule has 1 unspecified atom stereocenters. The Bertz CT molecular complexity index is 480. The van der Waals surface area contributed by atoms with Crippen LogP contribution in [0, 0.1) is 5.41 Å².